The van der Waals surface area contributed by atoms with Gasteiger partial charge in [-0.1, -0.05) is 17.7 Å². The van der Waals surface area contributed by atoms with Crippen LogP contribution in [0.15, 0.2) is 18.2 Å². The minimum absolute atomic E-state index is 0.647. The molecular formula is C12H17ClN2O2. The molecule has 1 aromatic carbocycles. The van der Waals surface area contributed by atoms with Crippen molar-refractivity contribution in [3.05, 3.63) is 28.8 Å². The van der Waals surface area contributed by atoms with Gasteiger partial charge in [-0.3, -0.25) is 5.43 Å². The Morgan fingerprint density at radius 2 is 2.18 bits per heavy atom. The van der Waals surface area contributed by atoms with Crippen LogP contribution in [0, 0.1) is 0 Å². The van der Waals surface area contributed by atoms with Gasteiger partial charge in [0.1, 0.15) is 5.75 Å². The van der Waals surface area contributed by atoms with E-state index in [0.717, 1.165) is 38.4 Å². The van der Waals surface area contributed by atoms with E-state index in [9.17, 15) is 0 Å². The molecule has 5 heteroatoms. The average molecular weight is 257 g/mol. The second kappa shape index (κ2) is 6.21. The molecule has 94 valence electrons. The highest BCUT2D eigenvalue weighted by molar-refractivity contribution is 6.32. The standard InChI is InChI=1S/C12H17ClN2O2/c1-16-12-3-2-10(8-11(12)13)9-14-15-4-6-17-7-5-15/h2-3,8,14H,4-7,9H2,1H3. The molecule has 1 heterocycles. The number of morpholine rings is 1. The third-order valence-corrected chi connectivity index (χ3v) is 3.03. The van der Waals surface area contributed by atoms with Crippen LogP contribution < -0.4 is 10.2 Å². The molecule has 0 aliphatic carbocycles. The fourth-order valence-corrected chi connectivity index (χ4v) is 2.02. The van der Waals surface area contributed by atoms with Gasteiger partial charge in [0.25, 0.3) is 0 Å². The van der Waals surface area contributed by atoms with Crippen molar-refractivity contribution in [2.45, 2.75) is 6.54 Å². The first-order valence-corrected chi connectivity index (χ1v) is 6.06. The molecule has 0 saturated carbocycles. The lowest BCUT2D eigenvalue weighted by Gasteiger charge is -2.27. The summed E-state index contributed by atoms with van der Waals surface area (Å²) < 4.78 is 10.4. The number of ether oxygens (including phenoxy) is 2. The summed E-state index contributed by atoms with van der Waals surface area (Å²) in [5.41, 5.74) is 4.50. The van der Waals surface area contributed by atoms with Crippen LogP contribution in [0.3, 0.4) is 0 Å². The minimum atomic E-state index is 0.647. The monoisotopic (exact) mass is 256 g/mol. The van der Waals surface area contributed by atoms with Gasteiger partial charge >= 0.3 is 0 Å². The number of nitrogens with zero attached hydrogens (tertiary/aromatic N) is 1. The zero-order valence-electron chi connectivity index (χ0n) is 9.91. The third kappa shape index (κ3) is 3.57. The van der Waals surface area contributed by atoms with E-state index < -0.39 is 0 Å². The number of hydrogen-bond donors (Lipinski definition) is 1. The van der Waals surface area contributed by atoms with Crippen LogP contribution in [0.25, 0.3) is 0 Å². The molecule has 2 rings (SSSR count). The molecule has 0 amide bonds. The van der Waals surface area contributed by atoms with Crippen molar-refractivity contribution < 1.29 is 9.47 Å². The fourth-order valence-electron chi connectivity index (χ4n) is 1.74. The fraction of sp³-hybridized carbons (Fsp3) is 0.500. The van der Waals surface area contributed by atoms with E-state index in [0.29, 0.717) is 10.8 Å². The van der Waals surface area contributed by atoms with Crippen LogP contribution in [0.4, 0.5) is 0 Å². The lowest BCUT2D eigenvalue weighted by Crippen LogP contribution is -2.45. The quantitative estimate of drug-likeness (QED) is 0.889. The second-order valence-electron chi connectivity index (χ2n) is 3.90. The summed E-state index contributed by atoms with van der Waals surface area (Å²) in [5.74, 6) is 0.710. The predicted octanol–water partition coefficient (Wildman–Crippen LogP) is 1.69. The topological polar surface area (TPSA) is 33.7 Å². The van der Waals surface area contributed by atoms with E-state index in [1.54, 1.807) is 7.11 Å². The van der Waals surface area contributed by atoms with Gasteiger partial charge in [-0.25, -0.2) is 5.01 Å². The van der Waals surface area contributed by atoms with E-state index >= 15 is 0 Å². The molecule has 0 radical (unpaired) electrons. The van der Waals surface area contributed by atoms with Crippen molar-refractivity contribution in [1.29, 1.82) is 0 Å². The second-order valence-corrected chi connectivity index (χ2v) is 4.31. The molecule has 0 unspecified atom stereocenters. The molecule has 17 heavy (non-hydrogen) atoms. The molecule has 4 nitrogen and oxygen atoms in total. The third-order valence-electron chi connectivity index (χ3n) is 2.73. The molecule has 1 N–H and O–H groups in total. The Morgan fingerprint density at radius 1 is 1.41 bits per heavy atom. The lowest BCUT2D eigenvalue weighted by atomic mass is 10.2. The summed E-state index contributed by atoms with van der Waals surface area (Å²) in [6.45, 7) is 4.18. The molecule has 0 atom stereocenters. The van der Waals surface area contributed by atoms with Crippen molar-refractivity contribution in [2.75, 3.05) is 33.4 Å². The summed E-state index contributed by atoms with van der Waals surface area (Å²) in [6, 6.07) is 5.82. The van der Waals surface area contributed by atoms with Crippen LogP contribution in [0.2, 0.25) is 5.02 Å². The number of hydrogen-bond acceptors (Lipinski definition) is 4. The van der Waals surface area contributed by atoms with E-state index in [1.165, 1.54) is 0 Å². The van der Waals surface area contributed by atoms with Crippen molar-refractivity contribution >= 4 is 11.6 Å². The van der Waals surface area contributed by atoms with Crippen LogP contribution in [0.5, 0.6) is 5.75 Å². The maximum absolute atomic E-state index is 6.06. The number of rotatable bonds is 4. The van der Waals surface area contributed by atoms with Gasteiger partial charge in [0.2, 0.25) is 0 Å². The molecular weight excluding hydrogens is 240 g/mol. The van der Waals surface area contributed by atoms with Gasteiger partial charge in [0.15, 0.2) is 0 Å². The van der Waals surface area contributed by atoms with Crippen molar-refractivity contribution in [3.8, 4) is 5.75 Å². The summed E-state index contributed by atoms with van der Waals surface area (Å²) in [7, 11) is 1.62. The first-order chi connectivity index (χ1) is 8.29. The number of hydrazine groups is 1. The molecule has 1 aliphatic heterocycles. The first-order valence-electron chi connectivity index (χ1n) is 5.68. The molecule has 0 bridgehead atoms. The Balaban J connectivity index is 1.87. The Kier molecular flexibility index (Phi) is 4.62. The SMILES string of the molecule is COc1ccc(CNN2CCOCC2)cc1Cl. The Hall–Kier alpha value is -0.810. The zero-order valence-corrected chi connectivity index (χ0v) is 10.7. The molecule has 1 saturated heterocycles. The summed E-state index contributed by atoms with van der Waals surface area (Å²) in [6.07, 6.45) is 0. The van der Waals surface area contributed by atoms with Crippen LogP contribution in [-0.2, 0) is 11.3 Å². The van der Waals surface area contributed by atoms with Gasteiger partial charge < -0.3 is 9.47 Å². The van der Waals surface area contributed by atoms with Gasteiger partial charge in [-0.15, -0.1) is 0 Å². The summed E-state index contributed by atoms with van der Waals surface area (Å²) >= 11 is 6.06. The molecule has 0 spiro atoms. The molecule has 1 fully saturated rings. The smallest absolute Gasteiger partial charge is 0.137 e. The van der Waals surface area contributed by atoms with Crippen molar-refractivity contribution in [1.82, 2.24) is 10.4 Å². The van der Waals surface area contributed by atoms with Gasteiger partial charge in [0, 0.05) is 19.6 Å². The largest absolute Gasteiger partial charge is 0.495 e. The zero-order chi connectivity index (χ0) is 12.1. The Morgan fingerprint density at radius 3 is 2.82 bits per heavy atom. The lowest BCUT2D eigenvalue weighted by molar-refractivity contribution is 0.0106. The highest BCUT2D eigenvalue weighted by Gasteiger charge is 2.09. The van der Waals surface area contributed by atoms with Crippen LogP contribution in [0.1, 0.15) is 5.56 Å². The predicted molar refractivity (Wildman–Crippen MR) is 67.2 cm³/mol. The highest BCUT2D eigenvalue weighted by atomic mass is 35.5. The average Bonchev–Trinajstić information content (AvgIpc) is 2.38. The summed E-state index contributed by atoms with van der Waals surface area (Å²) in [4.78, 5) is 0. The maximum atomic E-state index is 6.06. The maximum Gasteiger partial charge on any atom is 0.137 e. The number of benzene rings is 1. The van der Waals surface area contributed by atoms with Crippen molar-refractivity contribution in [3.63, 3.8) is 0 Å². The van der Waals surface area contributed by atoms with E-state index in [4.69, 9.17) is 21.1 Å². The summed E-state index contributed by atoms with van der Waals surface area (Å²) in [5, 5.41) is 2.82. The van der Waals surface area contributed by atoms with Crippen LogP contribution >= 0.6 is 11.6 Å². The van der Waals surface area contributed by atoms with E-state index in [1.807, 2.05) is 18.2 Å². The van der Waals surface area contributed by atoms with Crippen LogP contribution in [-0.4, -0.2) is 38.4 Å². The van der Waals surface area contributed by atoms with Crippen molar-refractivity contribution in [2.24, 2.45) is 0 Å². The molecule has 0 aromatic heterocycles. The minimum Gasteiger partial charge on any atom is -0.495 e. The number of methoxy groups -OCH3 is 1. The first kappa shape index (κ1) is 12.6. The van der Waals surface area contributed by atoms with Gasteiger partial charge in [0.05, 0.1) is 25.3 Å². The van der Waals surface area contributed by atoms with E-state index in [-0.39, 0.29) is 0 Å². The van der Waals surface area contributed by atoms with Gasteiger partial charge in [-0.2, -0.15) is 0 Å². The Bertz CT molecular complexity index is 368. The van der Waals surface area contributed by atoms with Gasteiger partial charge in [-0.05, 0) is 17.7 Å². The molecule has 1 aromatic rings. The van der Waals surface area contributed by atoms with E-state index in [2.05, 4.69) is 10.4 Å². The Labute approximate surface area is 106 Å². The highest BCUT2D eigenvalue weighted by Crippen LogP contribution is 2.24. The molecule has 1 aliphatic rings. The normalized spacial score (nSPS) is 17.1. The number of nitrogens with one attached hydrogen (secondary N) is 1. The number of halogens is 1.